The standard InChI is InChI=1S/C10H11NO/c1-8-7-12-10-5-3-2-4-9(10)6-11-8/h2-5,11H,1,6-7H2. The normalized spacial score (nSPS) is 15.5. The zero-order valence-corrected chi connectivity index (χ0v) is 6.84. The quantitative estimate of drug-likeness (QED) is 0.625. The van der Waals surface area contributed by atoms with Crippen LogP contribution in [-0.4, -0.2) is 6.61 Å². The fourth-order valence-corrected chi connectivity index (χ4v) is 1.23. The lowest BCUT2D eigenvalue weighted by Gasteiger charge is -2.03. The molecule has 0 aliphatic carbocycles. The lowest BCUT2D eigenvalue weighted by Crippen LogP contribution is -2.12. The second-order valence-electron chi connectivity index (χ2n) is 2.85. The lowest BCUT2D eigenvalue weighted by molar-refractivity contribution is 0.351. The Labute approximate surface area is 71.9 Å². The molecular formula is C10H11NO. The highest BCUT2D eigenvalue weighted by Gasteiger charge is 2.07. The molecule has 0 fully saturated rings. The van der Waals surface area contributed by atoms with Crippen LogP contribution in [0.1, 0.15) is 5.56 Å². The van der Waals surface area contributed by atoms with Crippen molar-refractivity contribution in [3.05, 3.63) is 42.1 Å². The SMILES string of the molecule is C=C1COc2ccccc2CN1. The Morgan fingerprint density at radius 3 is 3.08 bits per heavy atom. The lowest BCUT2D eigenvalue weighted by atomic mass is 10.2. The molecule has 0 bridgehead atoms. The number of rotatable bonds is 0. The van der Waals surface area contributed by atoms with Crippen LogP contribution in [0.2, 0.25) is 0 Å². The van der Waals surface area contributed by atoms with E-state index in [1.165, 1.54) is 5.56 Å². The summed E-state index contributed by atoms with van der Waals surface area (Å²) in [6.07, 6.45) is 0. The fraction of sp³-hybridized carbons (Fsp3) is 0.200. The Hall–Kier alpha value is -1.44. The number of nitrogens with one attached hydrogen (secondary N) is 1. The topological polar surface area (TPSA) is 21.3 Å². The van der Waals surface area contributed by atoms with Gasteiger partial charge in [-0.3, -0.25) is 0 Å². The Bertz CT molecular complexity index is 277. The Balaban J connectivity index is 2.32. The summed E-state index contributed by atoms with van der Waals surface area (Å²) in [6, 6.07) is 8.03. The van der Waals surface area contributed by atoms with Crippen molar-refractivity contribution in [3.8, 4) is 5.75 Å². The van der Waals surface area contributed by atoms with Crippen LogP contribution < -0.4 is 10.1 Å². The fourth-order valence-electron chi connectivity index (χ4n) is 1.23. The van der Waals surface area contributed by atoms with Gasteiger partial charge < -0.3 is 10.1 Å². The molecule has 2 heteroatoms. The van der Waals surface area contributed by atoms with Crippen molar-refractivity contribution < 1.29 is 4.74 Å². The first-order valence-electron chi connectivity index (χ1n) is 3.98. The van der Waals surface area contributed by atoms with Gasteiger partial charge in [-0.25, -0.2) is 0 Å². The molecule has 0 amide bonds. The van der Waals surface area contributed by atoms with Gasteiger partial charge in [0.25, 0.3) is 0 Å². The smallest absolute Gasteiger partial charge is 0.127 e. The Morgan fingerprint density at radius 2 is 2.17 bits per heavy atom. The third-order valence-electron chi connectivity index (χ3n) is 1.90. The first-order chi connectivity index (χ1) is 5.86. The monoisotopic (exact) mass is 161 g/mol. The van der Waals surface area contributed by atoms with Crippen molar-refractivity contribution in [2.75, 3.05) is 6.61 Å². The van der Waals surface area contributed by atoms with Gasteiger partial charge in [0.05, 0.1) is 0 Å². The minimum atomic E-state index is 0.566. The highest BCUT2D eigenvalue weighted by molar-refractivity contribution is 5.34. The molecule has 1 aliphatic heterocycles. The summed E-state index contributed by atoms with van der Waals surface area (Å²) in [4.78, 5) is 0. The summed E-state index contributed by atoms with van der Waals surface area (Å²) in [6.45, 7) is 5.20. The highest BCUT2D eigenvalue weighted by atomic mass is 16.5. The first-order valence-corrected chi connectivity index (χ1v) is 3.98. The average Bonchev–Trinajstić information content (AvgIpc) is 2.29. The van der Waals surface area contributed by atoms with Gasteiger partial charge in [-0.1, -0.05) is 24.8 Å². The molecule has 1 aromatic rings. The second kappa shape index (κ2) is 2.89. The molecular weight excluding hydrogens is 150 g/mol. The molecule has 62 valence electrons. The van der Waals surface area contributed by atoms with Crippen LogP contribution in [0.15, 0.2) is 36.5 Å². The van der Waals surface area contributed by atoms with E-state index in [2.05, 4.69) is 18.0 Å². The molecule has 1 heterocycles. The molecule has 1 aliphatic rings. The van der Waals surface area contributed by atoms with Crippen LogP contribution in [0, 0.1) is 0 Å². The number of para-hydroxylation sites is 1. The predicted molar refractivity (Wildman–Crippen MR) is 47.9 cm³/mol. The van der Waals surface area contributed by atoms with Crippen LogP contribution in [0.25, 0.3) is 0 Å². The minimum Gasteiger partial charge on any atom is -0.487 e. The molecule has 0 unspecified atom stereocenters. The van der Waals surface area contributed by atoms with E-state index in [4.69, 9.17) is 4.74 Å². The summed E-state index contributed by atoms with van der Waals surface area (Å²) in [5.41, 5.74) is 2.13. The van der Waals surface area contributed by atoms with E-state index in [0.717, 1.165) is 18.0 Å². The van der Waals surface area contributed by atoms with E-state index in [1.54, 1.807) is 0 Å². The van der Waals surface area contributed by atoms with Gasteiger partial charge in [0.1, 0.15) is 12.4 Å². The van der Waals surface area contributed by atoms with Gasteiger partial charge in [0.15, 0.2) is 0 Å². The Kier molecular flexibility index (Phi) is 1.74. The molecule has 12 heavy (non-hydrogen) atoms. The van der Waals surface area contributed by atoms with E-state index in [-0.39, 0.29) is 0 Å². The maximum atomic E-state index is 5.50. The zero-order chi connectivity index (χ0) is 8.39. The highest BCUT2D eigenvalue weighted by Crippen LogP contribution is 2.20. The summed E-state index contributed by atoms with van der Waals surface area (Å²) in [7, 11) is 0. The summed E-state index contributed by atoms with van der Waals surface area (Å²) < 4.78 is 5.50. The van der Waals surface area contributed by atoms with Crippen molar-refractivity contribution in [3.63, 3.8) is 0 Å². The largest absolute Gasteiger partial charge is 0.487 e. The first kappa shape index (κ1) is 7.22. The van der Waals surface area contributed by atoms with E-state index < -0.39 is 0 Å². The van der Waals surface area contributed by atoms with Crippen LogP contribution in [0.5, 0.6) is 5.75 Å². The van der Waals surface area contributed by atoms with E-state index in [9.17, 15) is 0 Å². The van der Waals surface area contributed by atoms with Crippen molar-refractivity contribution in [1.29, 1.82) is 0 Å². The van der Waals surface area contributed by atoms with Crippen LogP contribution in [0.4, 0.5) is 0 Å². The van der Waals surface area contributed by atoms with Gasteiger partial charge in [0.2, 0.25) is 0 Å². The third kappa shape index (κ3) is 1.28. The van der Waals surface area contributed by atoms with Crippen LogP contribution in [-0.2, 0) is 6.54 Å². The number of hydrogen-bond acceptors (Lipinski definition) is 2. The molecule has 1 aromatic carbocycles. The van der Waals surface area contributed by atoms with Crippen molar-refractivity contribution in [2.24, 2.45) is 0 Å². The summed E-state index contributed by atoms with van der Waals surface area (Å²) >= 11 is 0. The molecule has 0 radical (unpaired) electrons. The van der Waals surface area contributed by atoms with E-state index in [1.807, 2.05) is 18.2 Å². The van der Waals surface area contributed by atoms with Gasteiger partial charge in [-0.05, 0) is 6.07 Å². The third-order valence-corrected chi connectivity index (χ3v) is 1.90. The summed E-state index contributed by atoms with van der Waals surface area (Å²) in [5.74, 6) is 0.962. The van der Waals surface area contributed by atoms with Gasteiger partial charge in [0, 0.05) is 17.8 Å². The number of fused-ring (bicyclic) bond motifs is 1. The molecule has 0 saturated carbocycles. The van der Waals surface area contributed by atoms with Crippen molar-refractivity contribution in [2.45, 2.75) is 6.54 Å². The molecule has 1 N–H and O–H groups in total. The van der Waals surface area contributed by atoms with E-state index in [0.29, 0.717) is 6.61 Å². The molecule has 0 spiro atoms. The molecule has 0 atom stereocenters. The Morgan fingerprint density at radius 1 is 1.33 bits per heavy atom. The zero-order valence-electron chi connectivity index (χ0n) is 6.84. The number of hydrogen-bond donors (Lipinski definition) is 1. The van der Waals surface area contributed by atoms with Crippen LogP contribution >= 0.6 is 0 Å². The number of benzene rings is 1. The number of ether oxygens (including phenoxy) is 1. The molecule has 0 aromatic heterocycles. The second-order valence-corrected chi connectivity index (χ2v) is 2.85. The minimum absolute atomic E-state index is 0.566. The average molecular weight is 161 g/mol. The predicted octanol–water partition coefficient (Wildman–Crippen LogP) is 1.68. The maximum absolute atomic E-state index is 5.50. The van der Waals surface area contributed by atoms with Crippen molar-refractivity contribution >= 4 is 0 Å². The van der Waals surface area contributed by atoms with Crippen molar-refractivity contribution in [1.82, 2.24) is 5.32 Å². The summed E-state index contributed by atoms with van der Waals surface area (Å²) in [5, 5.41) is 3.18. The van der Waals surface area contributed by atoms with Gasteiger partial charge in [-0.2, -0.15) is 0 Å². The van der Waals surface area contributed by atoms with E-state index >= 15 is 0 Å². The molecule has 2 rings (SSSR count). The maximum Gasteiger partial charge on any atom is 0.127 e. The van der Waals surface area contributed by atoms with Gasteiger partial charge >= 0.3 is 0 Å². The van der Waals surface area contributed by atoms with Gasteiger partial charge in [-0.15, -0.1) is 0 Å². The van der Waals surface area contributed by atoms with Crippen LogP contribution in [0.3, 0.4) is 0 Å². The molecule has 0 saturated heterocycles. The molecule has 2 nitrogen and oxygen atoms in total.